The molecule has 0 heterocycles. The maximum Gasteiger partial charge on any atom is 0.338 e. The lowest BCUT2D eigenvalue weighted by Gasteiger charge is -2.33. The van der Waals surface area contributed by atoms with Gasteiger partial charge in [0.15, 0.2) is 69.7 Å². The van der Waals surface area contributed by atoms with Gasteiger partial charge in [0, 0.05) is 0 Å². The topological polar surface area (TPSA) is 318 Å². The first-order valence-corrected chi connectivity index (χ1v) is 12.2. The van der Waals surface area contributed by atoms with Crippen LogP contribution in [0.5, 0.6) is 51.7 Å². The fraction of sp³-hybridized carbons (Fsp3) is 0.185. The van der Waals surface area contributed by atoms with Gasteiger partial charge in [0.1, 0.15) is 19.3 Å². The van der Waals surface area contributed by atoms with Crippen molar-refractivity contribution < 1.29 is 89.6 Å². The molecule has 0 saturated heterocycles. The van der Waals surface area contributed by atoms with Crippen LogP contribution in [0.3, 0.4) is 0 Å². The monoisotopic (exact) mass is 636 g/mol. The Hall–Kier alpha value is -6.14. The summed E-state index contributed by atoms with van der Waals surface area (Å²) in [6, 6.07) is 3.82. The van der Waals surface area contributed by atoms with E-state index in [1.165, 1.54) is 0 Å². The number of aliphatic hydroxyl groups is 2. The van der Waals surface area contributed by atoms with Gasteiger partial charge in [-0.15, -0.1) is 0 Å². The number of benzene rings is 3. The molecule has 0 aliphatic heterocycles. The minimum Gasteiger partial charge on any atom is -0.504 e. The largest absolute Gasteiger partial charge is 0.504 e. The third kappa shape index (κ3) is 7.27. The smallest absolute Gasteiger partial charge is 0.338 e. The molecule has 0 amide bonds. The highest BCUT2D eigenvalue weighted by Crippen LogP contribution is 2.38. The van der Waals surface area contributed by atoms with Crippen molar-refractivity contribution in [3.05, 3.63) is 53.1 Å². The summed E-state index contributed by atoms with van der Waals surface area (Å²) in [6.07, 6.45) is -5.16. The van der Waals surface area contributed by atoms with Crippen LogP contribution in [0.2, 0.25) is 0 Å². The quantitative estimate of drug-likeness (QED) is 0.0550. The lowest BCUT2D eigenvalue weighted by atomic mass is 9.94. The van der Waals surface area contributed by atoms with E-state index in [1.54, 1.807) is 0 Å². The number of esters is 3. The van der Waals surface area contributed by atoms with E-state index in [2.05, 4.69) is 0 Å². The number of aliphatic hydroxyl groups excluding tert-OH is 1. The zero-order chi connectivity index (χ0) is 33.8. The van der Waals surface area contributed by atoms with Crippen LogP contribution in [0.1, 0.15) is 31.1 Å². The number of aromatic hydroxyl groups is 9. The number of hydrogen-bond acceptors (Lipinski definition) is 18. The predicted molar refractivity (Wildman–Crippen MR) is 141 cm³/mol. The van der Waals surface area contributed by atoms with Crippen molar-refractivity contribution in [1.82, 2.24) is 0 Å². The molecule has 0 aromatic heterocycles. The number of phenolic OH excluding ortho intramolecular Hbond substituents is 9. The van der Waals surface area contributed by atoms with Gasteiger partial charge in [-0.05, 0) is 36.4 Å². The van der Waals surface area contributed by atoms with Gasteiger partial charge in [-0.25, -0.2) is 14.4 Å². The standard InChI is InChI=1S/C27H24O18/c28-8-27(42,9-44-25(40)11-3-15(31)21(37)16(32)4-11)23(45-26(41)12-5-17(33)22(38)18(34)6-12)19(35)7-43-24(39)10-1-13(29)20(36)14(30)2-10/h1-6,8,19,23,29-38,42H,7,9H2/t19-,23-,27-/m1/s1. The Morgan fingerprint density at radius 1 is 0.622 bits per heavy atom. The summed E-state index contributed by atoms with van der Waals surface area (Å²) >= 11 is 0. The third-order valence-electron chi connectivity index (χ3n) is 6.02. The molecular weight excluding hydrogens is 612 g/mol. The second-order valence-corrected chi connectivity index (χ2v) is 9.27. The summed E-state index contributed by atoms with van der Waals surface area (Å²) < 4.78 is 14.6. The third-order valence-corrected chi connectivity index (χ3v) is 6.02. The fourth-order valence-corrected chi connectivity index (χ4v) is 3.64. The zero-order valence-corrected chi connectivity index (χ0v) is 22.4. The van der Waals surface area contributed by atoms with E-state index < -0.39 is 117 Å². The van der Waals surface area contributed by atoms with Crippen LogP contribution in [-0.4, -0.2) is 111 Å². The number of hydrogen-bond donors (Lipinski definition) is 11. The van der Waals surface area contributed by atoms with Gasteiger partial charge >= 0.3 is 17.9 Å². The molecule has 45 heavy (non-hydrogen) atoms. The van der Waals surface area contributed by atoms with Crippen LogP contribution in [0, 0.1) is 0 Å². The molecule has 3 atom stereocenters. The highest BCUT2D eigenvalue weighted by atomic mass is 16.6. The summed E-state index contributed by atoms with van der Waals surface area (Å²) in [7, 11) is 0. The van der Waals surface area contributed by atoms with Crippen LogP contribution in [-0.2, 0) is 19.0 Å². The zero-order valence-electron chi connectivity index (χ0n) is 22.4. The Balaban J connectivity index is 1.90. The Morgan fingerprint density at radius 2 is 0.956 bits per heavy atom. The van der Waals surface area contributed by atoms with Gasteiger partial charge in [0.05, 0.1) is 16.7 Å². The molecule has 3 aromatic rings. The summed E-state index contributed by atoms with van der Waals surface area (Å²) in [5.41, 5.74) is -5.02. The van der Waals surface area contributed by atoms with Crippen LogP contribution in [0.25, 0.3) is 0 Å². The molecule has 0 unspecified atom stereocenters. The van der Waals surface area contributed by atoms with Crippen LogP contribution in [0.15, 0.2) is 36.4 Å². The van der Waals surface area contributed by atoms with Crippen molar-refractivity contribution in [2.75, 3.05) is 13.2 Å². The minimum atomic E-state index is -3.16. The van der Waals surface area contributed by atoms with Crippen molar-refractivity contribution >= 4 is 24.2 Å². The molecule has 0 aliphatic carbocycles. The molecule has 0 bridgehead atoms. The lowest BCUT2D eigenvalue weighted by molar-refractivity contribution is -0.164. The number of aldehydes is 1. The average Bonchev–Trinajstić information content (AvgIpc) is 3.00. The van der Waals surface area contributed by atoms with Gasteiger partial charge in [0.2, 0.25) is 0 Å². The maximum atomic E-state index is 12.8. The Morgan fingerprint density at radius 3 is 1.31 bits per heavy atom. The lowest BCUT2D eigenvalue weighted by Crippen LogP contribution is -2.57. The van der Waals surface area contributed by atoms with E-state index in [4.69, 9.17) is 14.2 Å². The molecule has 18 heteroatoms. The predicted octanol–water partition coefficient (Wildman–Crippen LogP) is -0.433. The SMILES string of the molecule is O=C[C@@](O)(COC(=O)c1cc(O)c(O)c(O)c1)[C@H](OC(=O)c1cc(O)c(O)c(O)c1)[C@H](O)COC(=O)c1cc(O)c(O)c(O)c1. The molecule has 0 fully saturated rings. The summed E-state index contributed by atoms with van der Waals surface area (Å²) in [6.45, 7) is -2.61. The van der Waals surface area contributed by atoms with Gasteiger partial charge < -0.3 is 70.4 Å². The Kier molecular flexibility index (Phi) is 9.65. The molecule has 18 nitrogen and oxygen atoms in total. The van der Waals surface area contributed by atoms with E-state index in [-0.39, 0.29) is 6.29 Å². The normalized spacial score (nSPS) is 13.6. The molecular formula is C27H24O18. The molecule has 11 N–H and O–H groups in total. The Bertz CT molecular complexity index is 1580. The van der Waals surface area contributed by atoms with Crippen LogP contribution in [0.4, 0.5) is 0 Å². The number of rotatable bonds is 11. The molecule has 0 radical (unpaired) electrons. The number of phenols is 9. The first kappa shape index (κ1) is 33.4. The van der Waals surface area contributed by atoms with E-state index >= 15 is 0 Å². The van der Waals surface area contributed by atoms with E-state index in [0.29, 0.717) is 36.4 Å². The molecule has 0 aliphatic rings. The first-order valence-electron chi connectivity index (χ1n) is 12.2. The minimum absolute atomic E-state index is 0.336. The first-order chi connectivity index (χ1) is 21.0. The molecule has 240 valence electrons. The number of ether oxygens (including phenoxy) is 3. The van der Waals surface area contributed by atoms with E-state index in [0.717, 1.165) is 0 Å². The fourth-order valence-electron chi connectivity index (χ4n) is 3.64. The van der Waals surface area contributed by atoms with Crippen LogP contribution < -0.4 is 0 Å². The van der Waals surface area contributed by atoms with Gasteiger partial charge in [-0.3, -0.25) is 4.79 Å². The highest BCUT2D eigenvalue weighted by Gasteiger charge is 2.46. The van der Waals surface area contributed by atoms with Crippen molar-refractivity contribution in [2.24, 2.45) is 0 Å². The second kappa shape index (κ2) is 13.0. The van der Waals surface area contributed by atoms with Crippen molar-refractivity contribution in [3.63, 3.8) is 0 Å². The highest BCUT2D eigenvalue weighted by molar-refractivity contribution is 5.93. The molecule has 3 aromatic carbocycles. The van der Waals surface area contributed by atoms with Crippen molar-refractivity contribution in [3.8, 4) is 51.7 Å². The van der Waals surface area contributed by atoms with E-state index in [1.807, 2.05) is 0 Å². The van der Waals surface area contributed by atoms with Gasteiger partial charge in [0.25, 0.3) is 0 Å². The number of carbonyl (C=O) groups is 4. The maximum absolute atomic E-state index is 12.8. The molecule has 0 saturated carbocycles. The second-order valence-electron chi connectivity index (χ2n) is 9.27. The average molecular weight is 636 g/mol. The van der Waals surface area contributed by atoms with Crippen LogP contribution >= 0.6 is 0 Å². The van der Waals surface area contributed by atoms with Gasteiger partial charge in [-0.1, -0.05) is 0 Å². The number of carbonyl (C=O) groups excluding carboxylic acids is 4. The summed E-state index contributed by atoms with van der Waals surface area (Å²) in [5.74, 6) is -13.1. The molecule has 3 rings (SSSR count). The van der Waals surface area contributed by atoms with E-state index in [9.17, 15) is 75.3 Å². The van der Waals surface area contributed by atoms with Crippen molar-refractivity contribution in [1.29, 1.82) is 0 Å². The van der Waals surface area contributed by atoms with Gasteiger partial charge in [-0.2, -0.15) is 0 Å². The summed E-state index contributed by atoms with van der Waals surface area (Å²) in [4.78, 5) is 49.8. The molecule has 0 spiro atoms. The summed E-state index contributed by atoms with van der Waals surface area (Å²) in [5, 5.41) is 108. The Labute approximate surface area is 250 Å². The van der Waals surface area contributed by atoms with Crippen molar-refractivity contribution in [2.45, 2.75) is 17.8 Å².